The quantitative estimate of drug-likeness (QED) is 0.317. The number of benzene rings is 2. The van der Waals surface area contributed by atoms with E-state index < -0.39 is 0 Å². The molecular weight excluding hydrogens is 411 g/mol. The molecule has 9 heteroatoms. The molecule has 0 aromatic heterocycles. The summed E-state index contributed by atoms with van der Waals surface area (Å²) in [4.78, 5) is 16.2. The molecule has 1 aliphatic heterocycles. The van der Waals surface area contributed by atoms with Crippen LogP contribution in [0.15, 0.2) is 58.9 Å². The van der Waals surface area contributed by atoms with Gasteiger partial charge in [0.25, 0.3) is 0 Å². The van der Waals surface area contributed by atoms with E-state index in [2.05, 4.69) is 32.8 Å². The lowest BCUT2D eigenvalue weighted by atomic mass is 10.1. The number of amides is 2. The zero-order valence-electron chi connectivity index (χ0n) is 15.8. The first-order valence-electron chi connectivity index (χ1n) is 9.24. The van der Waals surface area contributed by atoms with Crippen molar-refractivity contribution in [2.24, 2.45) is 10.3 Å². The van der Waals surface area contributed by atoms with Crippen LogP contribution in [0.3, 0.4) is 0 Å². The summed E-state index contributed by atoms with van der Waals surface area (Å²) in [6.45, 7) is 3.70. The van der Waals surface area contributed by atoms with E-state index in [9.17, 15) is 4.79 Å². The molecule has 2 N–H and O–H groups in total. The Kier molecular flexibility index (Phi) is 7.57. The summed E-state index contributed by atoms with van der Waals surface area (Å²) in [5, 5.41) is 16.3. The molecule has 7 nitrogen and oxygen atoms in total. The molecule has 3 rings (SSSR count). The lowest BCUT2D eigenvalue weighted by Crippen LogP contribution is -2.50. The van der Waals surface area contributed by atoms with E-state index in [1.807, 2.05) is 18.2 Å². The van der Waals surface area contributed by atoms with Crippen molar-refractivity contribution in [2.75, 3.05) is 26.2 Å². The molecule has 0 spiro atoms. The first kappa shape index (κ1) is 21.2. The van der Waals surface area contributed by atoms with Gasteiger partial charge in [-0.15, -0.1) is 5.11 Å². The van der Waals surface area contributed by atoms with Crippen LogP contribution in [0.25, 0.3) is 0 Å². The first-order chi connectivity index (χ1) is 14.0. The number of urea groups is 1. The van der Waals surface area contributed by atoms with Gasteiger partial charge in [-0.05, 0) is 23.3 Å². The molecule has 1 heterocycles. The highest BCUT2D eigenvalue weighted by Crippen LogP contribution is 2.21. The summed E-state index contributed by atoms with van der Waals surface area (Å²) in [7, 11) is 0. The monoisotopic (exact) mass is 432 g/mol. The Morgan fingerprint density at radius 2 is 1.79 bits per heavy atom. The number of hydrogen-bond acceptors (Lipinski definition) is 4. The minimum Gasteiger partial charge on any atom is -0.321 e. The standard InChI is InChI=1S/C20H22Cl2N6O/c21-17-7-6-16(18(22)13-17)12-19(23)24-26-25-20(29)28-10-8-27(9-11-28)14-15-4-2-1-3-5-15/h1-7,13H,8-12,14H2,(H2,23,24,25,29). The fourth-order valence-corrected chi connectivity index (χ4v) is 3.51. The van der Waals surface area contributed by atoms with Gasteiger partial charge in [-0.3, -0.25) is 10.3 Å². The van der Waals surface area contributed by atoms with Crippen LogP contribution >= 0.6 is 23.2 Å². The SMILES string of the molecule is N=C(Cc1ccc(Cl)cc1Cl)N=NNC(=O)N1CCN(Cc2ccccc2)CC1. The summed E-state index contributed by atoms with van der Waals surface area (Å²) >= 11 is 11.9. The van der Waals surface area contributed by atoms with Gasteiger partial charge in [0.15, 0.2) is 0 Å². The van der Waals surface area contributed by atoms with Crippen LogP contribution in [0.4, 0.5) is 4.79 Å². The van der Waals surface area contributed by atoms with Gasteiger partial charge in [-0.1, -0.05) is 64.8 Å². The number of halogens is 2. The van der Waals surface area contributed by atoms with Gasteiger partial charge >= 0.3 is 6.03 Å². The van der Waals surface area contributed by atoms with Crippen molar-refractivity contribution in [3.8, 4) is 0 Å². The minimum absolute atomic E-state index is 0.0118. The number of rotatable bonds is 5. The van der Waals surface area contributed by atoms with Gasteiger partial charge in [0, 0.05) is 49.2 Å². The summed E-state index contributed by atoms with van der Waals surface area (Å²) in [6, 6.07) is 15.0. The summed E-state index contributed by atoms with van der Waals surface area (Å²) in [5.74, 6) is -0.0118. The van der Waals surface area contributed by atoms with Crippen molar-refractivity contribution in [3.63, 3.8) is 0 Å². The van der Waals surface area contributed by atoms with Gasteiger partial charge < -0.3 is 4.90 Å². The van der Waals surface area contributed by atoms with E-state index >= 15 is 0 Å². The molecule has 0 bridgehead atoms. The predicted molar refractivity (Wildman–Crippen MR) is 115 cm³/mol. The van der Waals surface area contributed by atoms with Crippen LogP contribution in [0.2, 0.25) is 10.0 Å². The summed E-state index contributed by atoms with van der Waals surface area (Å²) in [6.07, 6.45) is 0.202. The number of nitrogens with zero attached hydrogens (tertiary/aromatic N) is 4. The van der Waals surface area contributed by atoms with Crippen LogP contribution < -0.4 is 5.43 Å². The molecule has 152 valence electrons. The molecule has 1 aliphatic rings. The molecule has 0 atom stereocenters. The third-order valence-corrected chi connectivity index (χ3v) is 5.18. The molecule has 1 saturated heterocycles. The number of carbonyl (C=O) groups is 1. The normalized spacial score (nSPS) is 14.9. The molecular formula is C20H22Cl2N6O. The Morgan fingerprint density at radius 1 is 1.07 bits per heavy atom. The lowest BCUT2D eigenvalue weighted by molar-refractivity contribution is 0.135. The number of carbonyl (C=O) groups excluding carboxylic acids is 1. The van der Waals surface area contributed by atoms with Gasteiger partial charge in [0.05, 0.1) is 0 Å². The highest BCUT2D eigenvalue weighted by molar-refractivity contribution is 6.35. The van der Waals surface area contributed by atoms with Crippen molar-refractivity contribution >= 4 is 35.1 Å². The second-order valence-electron chi connectivity index (χ2n) is 6.72. The van der Waals surface area contributed by atoms with Crippen LogP contribution in [-0.2, 0) is 13.0 Å². The van der Waals surface area contributed by atoms with Gasteiger partial charge in [-0.2, -0.15) is 0 Å². The van der Waals surface area contributed by atoms with Crippen LogP contribution in [0.1, 0.15) is 11.1 Å². The maximum Gasteiger partial charge on any atom is 0.339 e. The van der Waals surface area contributed by atoms with Crippen molar-refractivity contribution in [1.29, 1.82) is 5.41 Å². The number of amidine groups is 1. The zero-order chi connectivity index (χ0) is 20.6. The lowest BCUT2D eigenvalue weighted by Gasteiger charge is -2.34. The van der Waals surface area contributed by atoms with Crippen molar-refractivity contribution < 1.29 is 4.79 Å². The highest BCUT2D eigenvalue weighted by Gasteiger charge is 2.20. The topological polar surface area (TPSA) is 84.1 Å². The molecule has 2 amide bonds. The number of piperazine rings is 1. The molecule has 0 unspecified atom stereocenters. The second kappa shape index (κ2) is 10.3. The molecule has 0 saturated carbocycles. The van der Waals surface area contributed by atoms with E-state index in [4.69, 9.17) is 28.6 Å². The Balaban J connectivity index is 1.41. The van der Waals surface area contributed by atoms with Gasteiger partial charge in [0.2, 0.25) is 0 Å². The van der Waals surface area contributed by atoms with Crippen molar-refractivity contribution in [2.45, 2.75) is 13.0 Å². The number of nitrogens with one attached hydrogen (secondary N) is 2. The Hall–Kier alpha value is -2.48. The van der Waals surface area contributed by atoms with Crippen molar-refractivity contribution in [3.05, 3.63) is 69.7 Å². The fourth-order valence-electron chi connectivity index (χ4n) is 3.03. The minimum atomic E-state index is -0.314. The van der Waals surface area contributed by atoms with E-state index in [0.717, 1.165) is 25.2 Å². The maximum absolute atomic E-state index is 12.2. The molecule has 2 aromatic carbocycles. The van der Waals surface area contributed by atoms with E-state index in [-0.39, 0.29) is 18.3 Å². The Bertz CT molecular complexity index is 882. The highest BCUT2D eigenvalue weighted by atomic mass is 35.5. The molecule has 1 fully saturated rings. The Morgan fingerprint density at radius 3 is 2.48 bits per heavy atom. The average molecular weight is 433 g/mol. The fraction of sp³-hybridized carbons (Fsp3) is 0.300. The summed E-state index contributed by atoms with van der Waals surface area (Å²) in [5.41, 5.74) is 4.37. The smallest absolute Gasteiger partial charge is 0.321 e. The third kappa shape index (κ3) is 6.52. The van der Waals surface area contributed by atoms with Gasteiger partial charge in [-0.25, -0.2) is 10.2 Å². The third-order valence-electron chi connectivity index (χ3n) is 4.60. The second-order valence-corrected chi connectivity index (χ2v) is 7.57. The maximum atomic E-state index is 12.2. The molecule has 0 radical (unpaired) electrons. The first-order valence-corrected chi connectivity index (χ1v) is 10.00. The molecule has 2 aromatic rings. The van der Waals surface area contributed by atoms with Gasteiger partial charge in [0.1, 0.15) is 5.84 Å². The van der Waals surface area contributed by atoms with Crippen LogP contribution in [-0.4, -0.2) is 47.8 Å². The van der Waals surface area contributed by atoms with Crippen LogP contribution in [0.5, 0.6) is 0 Å². The van der Waals surface area contributed by atoms with Crippen LogP contribution in [0, 0.1) is 5.41 Å². The summed E-state index contributed by atoms with van der Waals surface area (Å²) < 4.78 is 0. The Labute approximate surface area is 179 Å². The van der Waals surface area contributed by atoms with E-state index in [1.54, 1.807) is 23.1 Å². The zero-order valence-corrected chi connectivity index (χ0v) is 17.3. The average Bonchev–Trinajstić information content (AvgIpc) is 2.71. The molecule has 0 aliphatic carbocycles. The largest absolute Gasteiger partial charge is 0.339 e. The molecule has 29 heavy (non-hydrogen) atoms. The predicted octanol–water partition coefficient (Wildman–Crippen LogP) is 4.41. The van der Waals surface area contributed by atoms with E-state index in [1.165, 1.54) is 5.56 Å². The van der Waals surface area contributed by atoms with Crippen molar-refractivity contribution in [1.82, 2.24) is 15.2 Å². The van der Waals surface area contributed by atoms with E-state index in [0.29, 0.717) is 23.1 Å². The number of hydrogen-bond donors (Lipinski definition) is 2.